The monoisotopic (exact) mass is 241 g/mol. The molecule has 102 valence electrons. The maximum Gasteiger partial charge on any atom is 0.0254 e. The van der Waals surface area contributed by atoms with Crippen molar-refractivity contribution in [1.82, 2.24) is 9.80 Å². The predicted molar refractivity (Wildman–Crippen MR) is 75.3 cm³/mol. The minimum atomic E-state index is -0.00704. The lowest BCUT2D eigenvalue weighted by Gasteiger charge is -2.31. The van der Waals surface area contributed by atoms with Crippen LogP contribution in [0.25, 0.3) is 0 Å². The number of likely N-dealkylation sites (N-methyl/N-ethyl adjacent to an activating group) is 1. The van der Waals surface area contributed by atoms with E-state index >= 15 is 0 Å². The van der Waals surface area contributed by atoms with Crippen molar-refractivity contribution < 1.29 is 0 Å². The van der Waals surface area contributed by atoms with Gasteiger partial charge in [-0.25, -0.2) is 0 Å². The molecular formula is C14H31N3. The molecule has 3 nitrogen and oxygen atoms in total. The van der Waals surface area contributed by atoms with E-state index in [1.54, 1.807) is 0 Å². The summed E-state index contributed by atoms with van der Waals surface area (Å²) in [6.07, 6.45) is 3.61. The molecular weight excluding hydrogens is 210 g/mol. The average Bonchev–Trinajstić information content (AvgIpc) is 2.67. The SMILES string of the molecule is CCCC(C)(N)CN1CCC(N(CC)CC)C1. The Morgan fingerprint density at radius 3 is 2.47 bits per heavy atom. The third-order valence-corrected chi connectivity index (χ3v) is 3.98. The van der Waals surface area contributed by atoms with Crippen LogP contribution in [0, 0.1) is 0 Å². The Kier molecular flexibility index (Phi) is 5.90. The predicted octanol–water partition coefficient (Wildman–Crippen LogP) is 1.92. The Morgan fingerprint density at radius 1 is 1.29 bits per heavy atom. The van der Waals surface area contributed by atoms with Gasteiger partial charge in [0, 0.05) is 24.7 Å². The molecule has 2 atom stereocenters. The molecule has 1 fully saturated rings. The van der Waals surface area contributed by atoms with Gasteiger partial charge in [0.2, 0.25) is 0 Å². The van der Waals surface area contributed by atoms with Gasteiger partial charge < -0.3 is 5.73 Å². The molecule has 2 N–H and O–H groups in total. The van der Waals surface area contributed by atoms with Crippen molar-refractivity contribution in [3.63, 3.8) is 0 Å². The summed E-state index contributed by atoms with van der Waals surface area (Å²) in [5.74, 6) is 0. The summed E-state index contributed by atoms with van der Waals surface area (Å²) in [6, 6.07) is 0.752. The highest BCUT2D eigenvalue weighted by atomic mass is 15.3. The van der Waals surface area contributed by atoms with E-state index in [0.29, 0.717) is 0 Å². The highest BCUT2D eigenvalue weighted by Crippen LogP contribution is 2.19. The van der Waals surface area contributed by atoms with Gasteiger partial charge in [-0.1, -0.05) is 27.2 Å². The lowest BCUT2D eigenvalue weighted by atomic mass is 9.97. The third-order valence-electron chi connectivity index (χ3n) is 3.98. The van der Waals surface area contributed by atoms with E-state index in [1.807, 2.05) is 0 Å². The van der Waals surface area contributed by atoms with Crippen LogP contribution >= 0.6 is 0 Å². The van der Waals surface area contributed by atoms with E-state index in [4.69, 9.17) is 5.73 Å². The van der Waals surface area contributed by atoms with Crippen LogP contribution in [0.4, 0.5) is 0 Å². The number of likely N-dealkylation sites (tertiary alicyclic amines) is 1. The van der Waals surface area contributed by atoms with Crippen molar-refractivity contribution in [2.75, 3.05) is 32.7 Å². The summed E-state index contributed by atoms with van der Waals surface area (Å²) in [4.78, 5) is 5.13. The maximum atomic E-state index is 6.34. The number of nitrogens with zero attached hydrogens (tertiary/aromatic N) is 2. The minimum Gasteiger partial charge on any atom is -0.324 e. The van der Waals surface area contributed by atoms with Crippen molar-refractivity contribution >= 4 is 0 Å². The zero-order valence-electron chi connectivity index (χ0n) is 12.2. The van der Waals surface area contributed by atoms with E-state index in [-0.39, 0.29) is 5.54 Å². The second-order valence-electron chi connectivity index (χ2n) is 5.80. The van der Waals surface area contributed by atoms with E-state index in [2.05, 4.69) is 37.5 Å². The van der Waals surface area contributed by atoms with Gasteiger partial charge in [0.25, 0.3) is 0 Å². The molecule has 1 aliphatic rings. The molecule has 3 heteroatoms. The van der Waals surface area contributed by atoms with E-state index < -0.39 is 0 Å². The molecule has 0 aromatic carbocycles. The third kappa shape index (κ3) is 4.57. The van der Waals surface area contributed by atoms with Crippen LogP contribution in [0.1, 0.15) is 47.0 Å². The molecule has 0 saturated carbocycles. The molecule has 1 aliphatic heterocycles. The summed E-state index contributed by atoms with van der Waals surface area (Å²) in [7, 11) is 0. The average molecular weight is 241 g/mol. The summed E-state index contributed by atoms with van der Waals surface area (Å²) in [5, 5.41) is 0. The van der Waals surface area contributed by atoms with Crippen molar-refractivity contribution in [2.45, 2.75) is 58.5 Å². The van der Waals surface area contributed by atoms with Crippen molar-refractivity contribution in [3.05, 3.63) is 0 Å². The lowest BCUT2D eigenvalue weighted by molar-refractivity contribution is 0.194. The molecule has 0 aliphatic carbocycles. The van der Waals surface area contributed by atoms with Gasteiger partial charge in [0.1, 0.15) is 0 Å². The molecule has 2 unspecified atom stereocenters. The highest BCUT2D eigenvalue weighted by molar-refractivity contribution is 4.89. The Labute approximate surface area is 107 Å². The normalized spacial score (nSPS) is 25.4. The number of nitrogens with two attached hydrogens (primary N) is 1. The van der Waals surface area contributed by atoms with Crippen LogP contribution in [-0.2, 0) is 0 Å². The van der Waals surface area contributed by atoms with Gasteiger partial charge in [0.05, 0.1) is 0 Å². The van der Waals surface area contributed by atoms with E-state index in [0.717, 1.165) is 19.0 Å². The summed E-state index contributed by atoms with van der Waals surface area (Å²) < 4.78 is 0. The van der Waals surface area contributed by atoms with Gasteiger partial charge in [0.15, 0.2) is 0 Å². The Hall–Kier alpha value is -0.120. The van der Waals surface area contributed by atoms with Crippen molar-refractivity contribution in [3.8, 4) is 0 Å². The Morgan fingerprint density at radius 2 is 1.94 bits per heavy atom. The van der Waals surface area contributed by atoms with E-state index in [9.17, 15) is 0 Å². The van der Waals surface area contributed by atoms with Gasteiger partial charge in [-0.3, -0.25) is 9.80 Å². The lowest BCUT2D eigenvalue weighted by Crippen LogP contribution is -2.48. The second kappa shape index (κ2) is 6.72. The quantitative estimate of drug-likeness (QED) is 0.739. The first kappa shape index (κ1) is 14.9. The topological polar surface area (TPSA) is 32.5 Å². The molecule has 0 aromatic rings. The second-order valence-corrected chi connectivity index (χ2v) is 5.80. The van der Waals surface area contributed by atoms with Gasteiger partial charge >= 0.3 is 0 Å². The molecule has 1 rings (SSSR count). The smallest absolute Gasteiger partial charge is 0.0254 e. The highest BCUT2D eigenvalue weighted by Gasteiger charge is 2.29. The Balaban J connectivity index is 2.40. The fraction of sp³-hybridized carbons (Fsp3) is 1.00. The summed E-state index contributed by atoms with van der Waals surface area (Å²) in [6.45, 7) is 14.8. The number of hydrogen-bond acceptors (Lipinski definition) is 3. The Bertz CT molecular complexity index is 212. The van der Waals surface area contributed by atoms with Crippen LogP contribution in [0.2, 0.25) is 0 Å². The van der Waals surface area contributed by atoms with Crippen LogP contribution in [0.15, 0.2) is 0 Å². The first-order chi connectivity index (χ1) is 8.02. The van der Waals surface area contributed by atoms with Crippen LogP contribution < -0.4 is 5.73 Å². The van der Waals surface area contributed by atoms with Crippen LogP contribution in [0.3, 0.4) is 0 Å². The minimum absolute atomic E-state index is 0.00704. The fourth-order valence-electron chi connectivity index (χ4n) is 3.15. The molecule has 0 radical (unpaired) electrons. The van der Waals surface area contributed by atoms with Crippen LogP contribution in [-0.4, -0.2) is 54.1 Å². The van der Waals surface area contributed by atoms with Gasteiger partial charge in [-0.05, 0) is 39.4 Å². The zero-order valence-corrected chi connectivity index (χ0v) is 12.2. The largest absolute Gasteiger partial charge is 0.324 e. The molecule has 1 saturated heterocycles. The zero-order chi connectivity index (χ0) is 12.9. The summed E-state index contributed by atoms with van der Waals surface area (Å²) in [5.41, 5.74) is 6.33. The maximum absolute atomic E-state index is 6.34. The summed E-state index contributed by atoms with van der Waals surface area (Å²) >= 11 is 0. The first-order valence-corrected chi connectivity index (χ1v) is 7.27. The standard InChI is InChI=1S/C14H31N3/c1-5-9-14(4,15)12-16-10-8-13(11-16)17(6-2)7-3/h13H,5-12,15H2,1-4H3. The van der Waals surface area contributed by atoms with Crippen molar-refractivity contribution in [1.29, 1.82) is 0 Å². The van der Waals surface area contributed by atoms with Crippen LogP contribution in [0.5, 0.6) is 0 Å². The molecule has 0 bridgehead atoms. The molecule has 1 heterocycles. The fourth-order valence-corrected chi connectivity index (χ4v) is 3.15. The van der Waals surface area contributed by atoms with Crippen molar-refractivity contribution in [2.24, 2.45) is 5.73 Å². The van der Waals surface area contributed by atoms with E-state index in [1.165, 1.54) is 39.0 Å². The van der Waals surface area contributed by atoms with Gasteiger partial charge in [-0.2, -0.15) is 0 Å². The number of hydrogen-bond donors (Lipinski definition) is 1. The van der Waals surface area contributed by atoms with Gasteiger partial charge in [-0.15, -0.1) is 0 Å². The molecule has 17 heavy (non-hydrogen) atoms. The number of rotatable bonds is 7. The molecule has 0 spiro atoms. The first-order valence-electron chi connectivity index (χ1n) is 7.27. The molecule has 0 aromatic heterocycles. The molecule has 0 amide bonds.